The average molecular weight is 367 g/mol. The van der Waals surface area contributed by atoms with E-state index in [0.717, 1.165) is 11.3 Å². The van der Waals surface area contributed by atoms with Crippen LogP contribution in [0.25, 0.3) is 11.3 Å². The molecule has 0 radical (unpaired) electrons. The molecule has 0 atom stereocenters. The molecule has 0 aliphatic heterocycles. The van der Waals surface area contributed by atoms with Gasteiger partial charge in [0.2, 0.25) is 5.91 Å². The number of non-ortho nitro benzene ring substituents is 1. The van der Waals surface area contributed by atoms with Gasteiger partial charge >= 0.3 is 0 Å². The van der Waals surface area contributed by atoms with Gasteiger partial charge in [0.25, 0.3) is 5.69 Å². The molecule has 0 spiro atoms. The van der Waals surface area contributed by atoms with Gasteiger partial charge in [-0.1, -0.05) is 17.8 Å². The molecule has 3 aromatic rings. The van der Waals surface area contributed by atoms with Crippen LogP contribution in [0, 0.1) is 10.1 Å². The lowest BCUT2D eigenvalue weighted by molar-refractivity contribution is -0.384. The number of amides is 1. The van der Waals surface area contributed by atoms with E-state index in [-0.39, 0.29) is 17.3 Å². The summed E-state index contributed by atoms with van der Waals surface area (Å²) in [5, 5.41) is 22.2. The molecule has 1 aromatic carbocycles. The molecule has 0 bridgehead atoms. The number of nitro groups is 1. The van der Waals surface area contributed by atoms with E-state index in [2.05, 4.69) is 20.5 Å². The van der Waals surface area contributed by atoms with Crippen LogP contribution >= 0.6 is 11.8 Å². The minimum absolute atomic E-state index is 0.0759. The van der Waals surface area contributed by atoms with Crippen LogP contribution in [-0.4, -0.2) is 31.8 Å². The van der Waals surface area contributed by atoms with Gasteiger partial charge in [0.05, 0.1) is 16.4 Å². The number of rotatable bonds is 6. The molecule has 0 fully saturated rings. The summed E-state index contributed by atoms with van der Waals surface area (Å²) in [5.41, 5.74) is 1.93. The average Bonchev–Trinajstić information content (AvgIpc) is 2.68. The molecule has 1 N–H and O–H groups in total. The number of nitro benzene ring substituents is 1. The maximum absolute atomic E-state index is 12.0. The van der Waals surface area contributed by atoms with Gasteiger partial charge in [-0.05, 0) is 30.3 Å². The van der Waals surface area contributed by atoms with E-state index in [1.54, 1.807) is 24.5 Å². The summed E-state index contributed by atoms with van der Waals surface area (Å²) < 4.78 is 0. The van der Waals surface area contributed by atoms with Crippen LogP contribution in [0.3, 0.4) is 0 Å². The summed E-state index contributed by atoms with van der Waals surface area (Å²) in [7, 11) is 0. The second-order valence-corrected chi connectivity index (χ2v) is 6.13. The van der Waals surface area contributed by atoms with E-state index >= 15 is 0 Å². The van der Waals surface area contributed by atoms with E-state index in [1.165, 1.54) is 30.0 Å². The predicted molar refractivity (Wildman–Crippen MR) is 97.7 cm³/mol. The maximum atomic E-state index is 12.0. The number of aromatic nitrogens is 3. The quantitative estimate of drug-likeness (QED) is 0.404. The van der Waals surface area contributed by atoms with Crippen molar-refractivity contribution in [2.75, 3.05) is 11.1 Å². The molecule has 3 rings (SSSR count). The molecular formula is C17H13N5O3S. The third kappa shape index (κ3) is 4.61. The van der Waals surface area contributed by atoms with Gasteiger partial charge in [-0.25, -0.2) is 0 Å². The van der Waals surface area contributed by atoms with Crippen LogP contribution < -0.4 is 5.32 Å². The van der Waals surface area contributed by atoms with Crippen LogP contribution in [-0.2, 0) is 4.79 Å². The van der Waals surface area contributed by atoms with Crippen molar-refractivity contribution in [2.45, 2.75) is 5.03 Å². The number of thioether (sulfide) groups is 1. The number of nitrogens with one attached hydrogen (secondary N) is 1. The summed E-state index contributed by atoms with van der Waals surface area (Å²) in [4.78, 5) is 26.2. The van der Waals surface area contributed by atoms with Gasteiger partial charge in [-0.2, -0.15) is 0 Å². The van der Waals surface area contributed by atoms with Crippen molar-refractivity contribution in [2.24, 2.45) is 0 Å². The van der Waals surface area contributed by atoms with Crippen LogP contribution in [0.15, 0.2) is 66.0 Å². The van der Waals surface area contributed by atoms with Crippen molar-refractivity contribution in [3.63, 3.8) is 0 Å². The van der Waals surface area contributed by atoms with Crippen molar-refractivity contribution in [1.29, 1.82) is 0 Å². The minimum Gasteiger partial charge on any atom is -0.325 e. The van der Waals surface area contributed by atoms with Crippen LogP contribution in [0.5, 0.6) is 0 Å². The Hall–Kier alpha value is -3.33. The first-order chi connectivity index (χ1) is 12.6. The summed E-state index contributed by atoms with van der Waals surface area (Å²) >= 11 is 1.23. The highest BCUT2D eigenvalue weighted by Gasteiger charge is 2.09. The standard InChI is InChI=1S/C17H13N5O3S/c23-16(19-13-2-1-3-14(10-13)22(24)25)11-26-17-5-4-15(20-21-17)12-6-8-18-9-7-12/h1-10H,11H2,(H,19,23). The second-order valence-electron chi connectivity index (χ2n) is 5.14. The van der Waals surface area contributed by atoms with E-state index in [0.29, 0.717) is 10.7 Å². The fourth-order valence-corrected chi connectivity index (χ4v) is 2.72. The monoisotopic (exact) mass is 367 g/mol. The van der Waals surface area contributed by atoms with Crippen molar-refractivity contribution >= 4 is 29.0 Å². The Balaban J connectivity index is 1.56. The number of pyridine rings is 1. The number of hydrogen-bond donors (Lipinski definition) is 1. The highest BCUT2D eigenvalue weighted by atomic mass is 32.2. The summed E-state index contributed by atoms with van der Waals surface area (Å²) in [6.07, 6.45) is 3.36. The number of carbonyl (C=O) groups is 1. The lowest BCUT2D eigenvalue weighted by atomic mass is 10.2. The maximum Gasteiger partial charge on any atom is 0.271 e. The third-order valence-corrected chi connectivity index (χ3v) is 4.23. The molecule has 8 nitrogen and oxygen atoms in total. The van der Waals surface area contributed by atoms with Gasteiger partial charge < -0.3 is 5.32 Å². The molecule has 2 heterocycles. The van der Waals surface area contributed by atoms with Gasteiger partial charge in [0, 0.05) is 35.8 Å². The molecule has 26 heavy (non-hydrogen) atoms. The Kier molecular flexibility index (Phi) is 5.49. The Bertz CT molecular complexity index is 919. The molecular weight excluding hydrogens is 354 g/mol. The number of benzene rings is 1. The molecule has 0 aliphatic carbocycles. The molecule has 130 valence electrons. The lowest BCUT2D eigenvalue weighted by Crippen LogP contribution is -2.14. The van der Waals surface area contributed by atoms with Crippen LogP contribution in [0.4, 0.5) is 11.4 Å². The summed E-state index contributed by atoms with van der Waals surface area (Å²) in [6.45, 7) is 0. The minimum atomic E-state index is -0.510. The lowest BCUT2D eigenvalue weighted by Gasteiger charge is -2.05. The number of nitrogens with zero attached hydrogens (tertiary/aromatic N) is 4. The Morgan fingerprint density at radius 1 is 1.12 bits per heavy atom. The fraction of sp³-hybridized carbons (Fsp3) is 0.0588. The number of hydrogen-bond acceptors (Lipinski definition) is 7. The fourth-order valence-electron chi connectivity index (χ4n) is 2.11. The zero-order valence-electron chi connectivity index (χ0n) is 13.4. The third-order valence-electron chi connectivity index (χ3n) is 3.31. The Morgan fingerprint density at radius 2 is 1.92 bits per heavy atom. The summed E-state index contributed by atoms with van der Waals surface area (Å²) in [5.74, 6) is -0.165. The SMILES string of the molecule is O=C(CSc1ccc(-c2ccncc2)nn1)Nc1cccc([N+](=O)[O-])c1. The van der Waals surface area contributed by atoms with Crippen LogP contribution in [0.1, 0.15) is 0 Å². The van der Waals surface area contributed by atoms with Crippen molar-refractivity contribution in [3.8, 4) is 11.3 Å². The largest absolute Gasteiger partial charge is 0.325 e. The number of anilines is 1. The molecule has 0 saturated carbocycles. The Labute approximate surface area is 152 Å². The van der Waals surface area contributed by atoms with Gasteiger partial charge in [-0.15, -0.1) is 10.2 Å². The van der Waals surface area contributed by atoms with E-state index in [1.807, 2.05) is 18.2 Å². The molecule has 9 heteroatoms. The summed E-state index contributed by atoms with van der Waals surface area (Å²) in [6, 6.07) is 13.1. The molecule has 0 saturated heterocycles. The van der Waals surface area contributed by atoms with Crippen molar-refractivity contribution in [3.05, 3.63) is 71.0 Å². The van der Waals surface area contributed by atoms with Gasteiger partial charge in [0.1, 0.15) is 5.03 Å². The zero-order chi connectivity index (χ0) is 18.4. The zero-order valence-corrected chi connectivity index (χ0v) is 14.2. The van der Waals surface area contributed by atoms with Crippen LogP contribution in [0.2, 0.25) is 0 Å². The van der Waals surface area contributed by atoms with Crippen molar-refractivity contribution in [1.82, 2.24) is 15.2 Å². The topological polar surface area (TPSA) is 111 Å². The van der Waals surface area contributed by atoms with Gasteiger partial charge in [0.15, 0.2) is 0 Å². The predicted octanol–water partition coefficient (Wildman–Crippen LogP) is 3.18. The highest BCUT2D eigenvalue weighted by molar-refractivity contribution is 7.99. The first-order valence-electron chi connectivity index (χ1n) is 7.53. The molecule has 2 aromatic heterocycles. The number of carbonyl (C=O) groups excluding carboxylic acids is 1. The highest BCUT2D eigenvalue weighted by Crippen LogP contribution is 2.20. The van der Waals surface area contributed by atoms with E-state index in [9.17, 15) is 14.9 Å². The molecule has 0 unspecified atom stereocenters. The smallest absolute Gasteiger partial charge is 0.271 e. The van der Waals surface area contributed by atoms with E-state index in [4.69, 9.17) is 0 Å². The molecule has 0 aliphatic rings. The second kappa shape index (κ2) is 8.17. The molecule has 1 amide bonds. The first-order valence-corrected chi connectivity index (χ1v) is 8.51. The first kappa shape index (κ1) is 17.5. The van der Waals surface area contributed by atoms with Crippen molar-refractivity contribution < 1.29 is 9.72 Å². The Morgan fingerprint density at radius 3 is 2.62 bits per heavy atom. The van der Waals surface area contributed by atoms with Gasteiger partial charge in [-0.3, -0.25) is 19.9 Å². The van der Waals surface area contributed by atoms with E-state index < -0.39 is 4.92 Å². The normalized spacial score (nSPS) is 10.3.